The van der Waals surface area contributed by atoms with Gasteiger partial charge in [0.25, 0.3) is 5.91 Å². The summed E-state index contributed by atoms with van der Waals surface area (Å²) in [6.07, 6.45) is 3.70. The van der Waals surface area contributed by atoms with Crippen molar-refractivity contribution in [3.63, 3.8) is 0 Å². The van der Waals surface area contributed by atoms with Crippen LogP contribution in [0.15, 0.2) is 54.9 Å². The molecule has 3 aromatic rings. The number of tetrazole rings is 1. The summed E-state index contributed by atoms with van der Waals surface area (Å²) in [5.74, 6) is 0.322. The van der Waals surface area contributed by atoms with Gasteiger partial charge in [-0.1, -0.05) is 35.9 Å². The molecule has 1 fully saturated rings. The first-order chi connectivity index (χ1) is 12.2. The van der Waals surface area contributed by atoms with Crippen molar-refractivity contribution in [3.8, 4) is 5.69 Å². The van der Waals surface area contributed by atoms with Gasteiger partial charge in [0.15, 0.2) is 0 Å². The number of aromatic nitrogens is 4. The van der Waals surface area contributed by atoms with E-state index in [1.807, 2.05) is 42.5 Å². The van der Waals surface area contributed by atoms with Crippen molar-refractivity contribution >= 4 is 17.5 Å². The van der Waals surface area contributed by atoms with Crippen molar-refractivity contribution in [2.75, 3.05) is 0 Å². The SMILES string of the molecule is O=C(N[C@@H](c1ccc(Cl)cc1)C1CC1)c1ccccc1-n1cnnn1. The highest BCUT2D eigenvalue weighted by molar-refractivity contribution is 6.30. The number of carbonyl (C=O) groups is 1. The number of para-hydroxylation sites is 1. The van der Waals surface area contributed by atoms with Crippen LogP contribution in [0, 0.1) is 5.92 Å². The Balaban J connectivity index is 1.62. The molecule has 1 aromatic heterocycles. The molecule has 1 amide bonds. The molecule has 1 aliphatic carbocycles. The van der Waals surface area contributed by atoms with Crippen LogP contribution in [0.3, 0.4) is 0 Å². The summed E-state index contributed by atoms with van der Waals surface area (Å²) in [6.45, 7) is 0. The molecule has 1 saturated carbocycles. The summed E-state index contributed by atoms with van der Waals surface area (Å²) in [7, 11) is 0. The smallest absolute Gasteiger partial charge is 0.253 e. The molecule has 1 heterocycles. The second kappa shape index (κ2) is 6.64. The van der Waals surface area contributed by atoms with Crippen LogP contribution in [-0.2, 0) is 0 Å². The van der Waals surface area contributed by atoms with Gasteiger partial charge in [-0.05, 0) is 59.0 Å². The highest BCUT2D eigenvalue weighted by Gasteiger charge is 2.34. The quantitative estimate of drug-likeness (QED) is 0.764. The number of rotatable bonds is 5. The maximum atomic E-state index is 12.9. The number of benzene rings is 2. The van der Waals surface area contributed by atoms with Gasteiger partial charge in [0.1, 0.15) is 6.33 Å². The lowest BCUT2D eigenvalue weighted by Gasteiger charge is -2.20. The fourth-order valence-electron chi connectivity index (χ4n) is 2.93. The van der Waals surface area contributed by atoms with Gasteiger partial charge >= 0.3 is 0 Å². The first-order valence-electron chi connectivity index (χ1n) is 8.11. The number of amides is 1. The molecule has 126 valence electrons. The van der Waals surface area contributed by atoms with Crippen LogP contribution in [0.2, 0.25) is 5.02 Å². The first kappa shape index (κ1) is 15.8. The van der Waals surface area contributed by atoms with Crippen LogP contribution < -0.4 is 5.32 Å². The molecule has 0 saturated heterocycles. The third-order valence-electron chi connectivity index (χ3n) is 4.35. The van der Waals surface area contributed by atoms with E-state index in [4.69, 9.17) is 11.6 Å². The van der Waals surface area contributed by atoms with Gasteiger partial charge in [-0.3, -0.25) is 4.79 Å². The Morgan fingerprint density at radius 2 is 1.92 bits per heavy atom. The first-order valence-corrected chi connectivity index (χ1v) is 8.49. The summed E-state index contributed by atoms with van der Waals surface area (Å²) >= 11 is 5.98. The summed E-state index contributed by atoms with van der Waals surface area (Å²) in [4.78, 5) is 12.9. The van der Waals surface area contributed by atoms with E-state index in [1.54, 1.807) is 6.07 Å². The second-order valence-electron chi connectivity index (χ2n) is 6.11. The van der Waals surface area contributed by atoms with Gasteiger partial charge in [-0.2, -0.15) is 4.68 Å². The molecule has 1 N–H and O–H groups in total. The van der Waals surface area contributed by atoms with E-state index in [-0.39, 0.29) is 11.9 Å². The molecular formula is C18H16ClN5O. The lowest BCUT2D eigenvalue weighted by molar-refractivity contribution is 0.0931. The van der Waals surface area contributed by atoms with Crippen LogP contribution in [0.5, 0.6) is 0 Å². The molecule has 1 atom stereocenters. The van der Waals surface area contributed by atoms with E-state index in [1.165, 1.54) is 11.0 Å². The van der Waals surface area contributed by atoms with E-state index < -0.39 is 0 Å². The fraction of sp³-hybridized carbons (Fsp3) is 0.222. The Morgan fingerprint density at radius 3 is 2.60 bits per heavy atom. The van der Waals surface area contributed by atoms with Crippen LogP contribution in [0.4, 0.5) is 0 Å². The average molecular weight is 354 g/mol. The van der Waals surface area contributed by atoms with Gasteiger partial charge in [0.05, 0.1) is 17.3 Å². The van der Waals surface area contributed by atoms with Crippen molar-refractivity contribution in [1.82, 2.24) is 25.5 Å². The van der Waals surface area contributed by atoms with Gasteiger partial charge in [-0.25, -0.2) is 0 Å². The second-order valence-corrected chi connectivity index (χ2v) is 6.55. The van der Waals surface area contributed by atoms with E-state index in [0.29, 0.717) is 22.2 Å². The topological polar surface area (TPSA) is 72.7 Å². The van der Waals surface area contributed by atoms with Crippen LogP contribution in [-0.4, -0.2) is 26.1 Å². The normalized spacial score (nSPS) is 14.9. The molecule has 4 rings (SSSR count). The number of hydrogen-bond acceptors (Lipinski definition) is 4. The van der Waals surface area contributed by atoms with Gasteiger partial charge in [-0.15, -0.1) is 5.10 Å². The number of nitrogens with zero attached hydrogens (tertiary/aromatic N) is 4. The fourth-order valence-corrected chi connectivity index (χ4v) is 3.06. The van der Waals surface area contributed by atoms with Crippen molar-refractivity contribution in [1.29, 1.82) is 0 Å². The van der Waals surface area contributed by atoms with Crippen molar-refractivity contribution in [3.05, 3.63) is 71.0 Å². The molecular weight excluding hydrogens is 338 g/mol. The lowest BCUT2D eigenvalue weighted by atomic mass is 10.0. The monoisotopic (exact) mass is 353 g/mol. The predicted octanol–water partition coefficient (Wildman–Crippen LogP) is 3.20. The van der Waals surface area contributed by atoms with E-state index in [9.17, 15) is 4.79 Å². The Bertz CT molecular complexity index is 875. The average Bonchev–Trinajstić information content (AvgIpc) is 3.33. The Labute approximate surface area is 149 Å². The molecule has 0 radical (unpaired) electrons. The van der Waals surface area contributed by atoms with Crippen molar-refractivity contribution < 1.29 is 4.79 Å². The van der Waals surface area contributed by atoms with Crippen LogP contribution in [0.25, 0.3) is 5.69 Å². The van der Waals surface area contributed by atoms with Crippen LogP contribution >= 0.6 is 11.6 Å². The van der Waals surface area contributed by atoms with E-state index in [0.717, 1.165) is 18.4 Å². The Kier molecular flexibility index (Phi) is 4.19. The van der Waals surface area contributed by atoms with E-state index in [2.05, 4.69) is 20.8 Å². The van der Waals surface area contributed by atoms with Gasteiger partial charge < -0.3 is 5.32 Å². The number of carbonyl (C=O) groups excluding carboxylic acids is 1. The molecule has 6 nitrogen and oxygen atoms in total. The van der Waals surface area contributed by atoms with Crippen molar-refractivity contribution in [2.24, 2.45) is 5.92 Å². The molecule has 7 heteroatoms. The zero-order valence-corrected chi connectivity index (χ0v) is 14.1. The third-order valence-corrected chi connectivity index (χ3v) is 4.61. The van der Waals surface area contributed by atoms with E-state index >= 15 is 0 Å². The Morgan fingerprint density at radius 1 is 1.16 bits per heavy atom. The molecule has 25 heavy (non-hydrogen) atoms. The maximum absolute atomic E-state index is 12.9. The van der Waals surface area contributed by atoms with Crippen molar-refractivity contribution in [2.45, 2.75) is 18.9 Å². The lowest BCUT2D eigenvalue weighted by Crippen LogP contribution is -2.30. The third kappa shape index (κ3) is 3.39. The maximum Gasteiger partial charge on any atom is 0.253 e. The molecule has 2 aromatic carbocycles. The molecule has 0 bridgehead atoms. The summed E-state index contributed by atoms with van der Waals surface area (Å²) in [5.41, 5.74) is 2.25. The Hall–Kier alpha value is -2.73. The largest absolute Gasteiger partial charge is 0.345 e. The standard InChI is InChI=1S/C18H16ClN5O/c19-14-9-7-13(8-10-14)17(12-5-6-12)21-18(25)15-3-1-2-4-16(15)24-11-20-22-23-24/h1-4,7-12,17H,5-6H2,(H,21,25)/t17-/m1/s1. The zero-order valence-electron chi connectivity index (χ0n) is 13.3. The minimum absolute atomic E-state index is 0.0216. The molecule has 0 aliphatic heterocycles. The molecule has 0 spiro atoms. The zero-order chi connectivity index (χ0) is 17.2. The minimum Gasteiger partial charge on any atom is -0.345 e. The summed E-state index contributed by atoms with van der Waals surface area (Å²) < 4.78 is 1.49. The highest BCUT2D eigenvalue weighted by atomic mass is 35.5. The highest BCUT2D eigenvalue weighted by Crippen LogP contribution is 2.41. The van der Waals surface area contributed by atoms with Gasteiger partial charge in [0, 0.05) is 5.02 Å². The predicted molar refractivity (Wildman–Crippen MR) is 93.5 cm³/mol. The summed E-state index contributed by atoms with van der Waals surface area (Å²) in [6, 6.07) is 14.9. The summed E-state index contributed by atoms with van der Waals surface area (Å²) in [5, 5.41) is 15.0. The molecule has 1 aliphatic rings. The number of halogens is 1. The number of hydrogen-bond donors (Lipinski definition) is 1. The minimum atomic E-state index is -0.141. The van der Waals surface area contributed by atoms with Crippen LogP contribution in [0.1, 0.15) is 34.8 Å². The molecule has 0 unspecified atom stereocenters. The van der Waals surface area contributed by atoms with Gasteiger partial charge in [0.2, 0.25) is 0 Å². The number of nitrogens with one attached hydrogen (secondary N) is 1.